The number of nitrogens with one attached hydrogen (secondary N) is 1. The van der Waals surface area contributed by atoms with Gasteiger partial charge in [-0.25, -0.2) is 12.3 Å². The van der Waals surface area contributed by atoms with Crippen LogP contribution in [0.3, 0.4) is 0 Å². The lowest BCUT2D eigenvalue weighted by atomic mass is 10.1. The molecule has 1 aromatic heterocycles. The van der Waals surface area contributed by atoms with Crippen molar-refractivity contribution in [3.8, 4) is 0 Å². The van der Waals surface area contributed by atoms with E-state index in [2.05, 4.69) is 21.1 Å². The van der Waals surface area contributed by atoms with Gasteiger partial charge in [-0.1, -0.05) is 6.07 Å². The molecule has 1 aliphatic heterocycles. The maximum absolute atomic E-state index is 12.9. The molecule has 4 N–H and O–H groups in total. The minimum atomic E-state index is -3.94. The highest BCUT2D eigenvalue weighted by atomic mass is 79.9. The first-order chi connectivity index (χ1) is 12.2. The predicted octanol–water partition coefficient (Wildman–Crippen LogP) is 1.90. The zero-order valence-corrected chi connectivity index (χ0v) is 17.1. The molecule has 12 heteroatoms. The molecule has 0 radical (unpaired) electrons. The van der Waals surface area contributed by atoms with Crippen molar-refractivity contribution >= 4 is 67.0 Å². The van der Waals surface area contributed by atoms with E-state index >= 15 is 0 Å². The van der Waals surface area contributed by atoms with Crippen LogP contribution in [-0.4, -0.2) is 47.3 Å². The Morgan fingerprint density at radius 3 is 2.74 bits per heavy atom. The van der Waals surface area contributed by atoms with Crippen molar-refractivity contribution in [1.82, 2.24) is 9.29 Å². The number of halogens is 2. The van der Waals surface area contributed by atoms with Crippen molar-refractivity contribution < 1.29 is 18.3 Å². The molecule has 2 heterocycles. The number of carboxylic acid groups (broad SMARTS) is 1. The number of nitrogens with zero attached hydrogens (tertiary/aromatic N) is 3. The Hall–Kier alpha value is -1.95. The monoisotopic (exact) mass is 477 g/mol. The largest absolute Gasteiger partial charge is 0.480 e. The molecule has 0 bridgehead atoms. The molecule has 1 fully saturated rings. The van der Waals surface area contributed by atoms with Crippen LogP contribution in [0.15, 0.2) is 35.5 Å². The number of carbonyl (C=O) groups is 1. The topological polar surface area (TPSA) is 141 Å². The molecule has 27 heavy (non-hydrogen) atoms. The van der Waals surface area contributed by atoms with Crippen molar-refractivity contribution in [1.29, 1.82) is 5.41 Å². The fraction of sp³-hybridized carbons (Fsp3) is 0.267. The summed E-state index contributed by atoms with van der Waals surface area (Å²) in [7, 11) is -3.94. The Labute approximate surface area is 170 Å². The molecule has 0 spiro atoms. The van der Waals surface area contributed by atoms with Gasteiger partial charge in [0.1, 0.15) is 6.04 Å². The highest BCUT2D eigenvalue weighted by Gasteiger charge is 2.39. The SMILES string of the molecule is Cl.N=C(N)N(Br)c1cncc2cc(S(=O)(=O)N3CCC[C@@H]3C(=O)O)ccc12. The lowest BCUT2D eigenvalue weighted by molar-refractivity contribution is -0.140. The van der Waals surface area contributed by atoms with Crippen LogP contribution in [-0.2, 0) is 14.8 Å². The van der Waals surface area contributed by atoms with Gasteiger partial charge in [0.25, 0.3) is 0 Å². The van der Waals surface area contributed by atoms with E-state index < -0.39 is 22.0 Å². The molecular weight excluding hydrogens is 462 g/mol. The Morgan fingerprint density at radius 2 is 2.11 bits per heavy atom. The Bertz CT molecular complexity index is 1000. The number of aromatic nitrogens is 1. The van der Waals surface area contributed by atoms with Gasteiger partial charge in [0.15, 0.2) is 0 Å². The number of pyridine rings is 1. The maximum atomic E-state index is 12.9. The lowest BCUT2D eigenvalue weighted by Gasteiger charge is -2.21. The van der Waals surface area contributed by atoms with E-state index in [0.29, 0.717) is 29.3 Å². The summed E-state index contributed by atoms with van der Waals surface area (Å²) < 4.78 is 28.1. The van der Waals surface area contributed by atoms with Crippen LogP contribution in [0.4, 0.5) is 5.69 Å². The number of benzene rings is 1. The second kappa shape index (κ2) is 7.97. The number of carboxylic acids is 1. The molecule has 0 unspecified atom stereocenters. The average Bonchev–Trinajstić information content (AvgIpc) is 3.11. The molecule has 1 saturated heterocycles. The van der Waals surface area contributed by atoms with E-state index in [9.17, 15) is 18.3 Å². The quantitative estimate of drug-likeness (QED) is 0.346. The average molecular weight is 479 g/mol. The van der Waals surface area contributed by atoms with Gasteiger partial charge in [0.05, 0.1) is 32.9 Å². The third kappa shape index (κ3) is 3.86. The molecular formula is C15H17BrClN5O4S. The van der Waals surface area contributed by atoms with Crippen LogP contribution < -0.4 is 9.66 Å². The van der Waals surface area contributed by atoms with E-state index in [0.717, 1.165) is 4.31 Å². The summed E-state index contributed by atoms with van der Waals surface area (Å²) in [5, 5.41) is 17.9. The molecule has 2 aromatic rings. The highest BCUT2D eigenvalue weighted by Crippen LogP contribution is 2.32. The first-order valence-electron chi connectivity index (χ1n) is 7.66. The standard InChI is InChI=1S/C15H16BrN5O4S.ClH/c16-21(15(17)18)13-8-19-7-9-6-10(3-4-11(9)13)26(24,25)20-5-1-2-12(20)14(22)23;/h3-4,6-8,12H,1-2,5H2,(H3,17,18)(H,22,23);1H/t12-;/m1./s1. The van der Waals surface area contributed by atoms with Crippen LogP contribution in [0, 0.1) is 5.41 Å². The maximum Gasteiger partial charge on any atom is 0.322 e. The normalized spacial score (nSPS) is 17.4. The smallest absolute Gasteiger partial charge is 0.322 e. The van der Waals surface area contributed by atoms with E-state index in [1.165, 1.54) is 28.5 Å². The molecule has 1 aromatic carbocycles. The lowest BCUT2D eigenvalue weighted by Crippen LogP contribution is -2.40. The third-order valence-corrected chi connectivity index (χ3v) is 6.90. The molecule has 0 saturated carbocycles. The molecule has 0 amide bonds. The minimum absolute atomic E-state index is 0. The second-order valence-electron chi connectivity index (χ2n) is 5.82. The van der Waals surface area contributed by atoms with Gasteiger partial charge in [-0.2, -0.15) is 4.31 Å². The minimum Gasteiger partial charge on any atom is -0.480 e. The van der Waals surface area contributed by atoms with E-state index in [-0.39, 0.29) is 29.8 Å². The van der Waals surface area contributed by atoms with Crippen molar-refractivity contribution in [2.75, 3.05) is 10.5 Å². The number of fused-ring (bicyclic) bond motifs is 1. The molecule has 146 valence electrons. The molecule has 1 aliphatic rings. The zero-order valence-electron chi connectivity index (χ0n) is 13.9. The first kappa shape index (κ1) is 21.4. The van der Waals surface area contributed by atoms with Crippen LogP contribution in [0.2, 0.25) is 0 Å². The number of rotatable bonds is 4. The molecule has 3 rings (SSSR count). The van der Waals surface area contributed by atoms with Crippen molar-refractivity contribution in [3.63, 3.8) is 0 Å². The van der Waals surface area contributed by atoms with Crippen molar-refractivity contribution in [2.24, 2.45) is 5.73 Å². The highest BCUT2D eigenvalue weighted by molar-refractivity contribution is 9.10. The summed E-state index contributed by atoms with van der Waals surface area (Å²) in [5.74, 6) is -1.40. The number of hydrogen-bond acceptors (Lipinski definition) is 5. The summed E-state index contributed by atoms with van der Waals surface area (Å²) in [4.78, 5) is 15.4. The van der Waals surface area contributed by atoms with Gasteiger partial charge >= 0.3 is 5.97 Å². The van der Waals surface area contributed by atoms with Crippen LogP contribution in [0.25, 0.3) is 10.8 Å². The van der Waals surface area contributed by atoms with Gasteiger partial charge in [-0.3, -0.25) is 15.2 Å². The summed E-state index contributed by atoms with van der Waals surface area (Å²) in [6, 6.07) is 3.40. The number of guanidine groups is 1. The zero-order chi connectivity index (χ0) is 19.1. The number of sulfonamides is 1. The van der Waals surface area contributed by atoms with Crippen LogP contribution in [0.1, 0.15) is 12.8 Å². The van der Waals surface area contributed by atoms with E-state index in [1.54, 1.807) is 6.07 Å². The predicted molar refractivity (Wildman–Crippen MR) is 107 cm³/mol. The van der Waals surface area contributed by atoms with Gasteiger partial charge in [0, 0.05) is 23.5 Å². The fourth-order valence-corrected chi connectivity index (χ4v) is 4.96. The number of hydrogen-bond donors (Lipinski definition) is 3. The van der Waals surface area contributed by atoms with Crippen LogP contribution >= 0.6 is 28.6 Å². The summed E-state index contributed by atoms with van der Waals surface area (Å²) in [6.45, 7) is 0.176. The molecule has 0 aliphatic carbocycles. The number of anilines is 1. The van der Waals surface area contributed by atoms with Crippen LogP contribution in [0.5, 0.6) is 0 Å². The van der Waals surface area contributed by atoms with Gasteiger partial charge in [-0.05, 0) is 25.0 Å². The van der Waals surface area contributed by atoms with Gasteiger partial charge in [-0.15, -0.1) is 12.4 Å². The van der Waals surface area contributed by atoms with E-state index in [4.69, 9.17) is 11.1 Å². The Kier molecular flexibility index (Phi) is 6.30. The summed E-state index contributed by atoms with van der Waals surface area (Å²) in [5.41, 5.74) is 5.95. The van der Waals surface area contributed by atoms with E-state index in [1.807, 2.05) is 0 Å². The van der Waals surface area contributed by atoms with Gasteiger partial charge in [0.2, 0.25) is 16.0 Å². The second-order valence-corrected chi connectivity index (χ2v) is 8.42. The Morgan fingerprint density at radius 1 is 1.41 bits per heavy atom. The van der Waals surface area contributed by atoms with Crippen molar-refractivity contribution in [3.05, 3.63) is 30.6 Å². The molecule has 1 atom stereocenters. The number of nitrogens with two attached hydrogens (primary N) is 1. The third-order valence-electron chi connectivity index (χ3n) is 4.23. The summed E-state index contributed by atoms with van der Waals surface area (Å²) >= 11 is 3.16. The molecule has 9 nitrogen and oxygen atoms in total. The van der Waals surface area contributed by atoms with Crippen molar-refractivity contribution in [2.45, 2.75) is 23.8 Å². The first-order valence-corrected chi connectivity index (χ1v) is 9.81. The van der Waals surface area contributed by atoms with Gasteiger partial charge < -0.3 is 10.8 Å². The number of aliphatic carboxylic acids is 1. The Balaban J connectivity index is 0.00000261. The fourth-order valence-electron chi connectivity index (χ4n) is 3.00. The summed E-state index contributed by atoms with van der Waals surface area (Å²) in [6.07, 6.45) is 3.79.